The summed E-state index contributed by atoms with van der Waals surface area (Å²) in [6.07, 6.45) is -4.07. The van der Waals surface area contributed by atoms with Crippen LogP contribution in [0.5, 0.6) is 0 Å². The Morgan fingerprint density at radius 3 is 2.45 bits per heavy atom. The van der Waals surface area contributed by atoms with Crippen LogP contribution in [0, 0.1) is 17.1 Å². The van der Waals surface area contributed by atoms with Crippen molar-refractivity contribution in [2.75, 3.05) is 0 Å². The second-order valence-electron chi connectivity index (χ2n) is 3.76. The number of nitriles is 1. The number of nitrogens with zero attached hydrogens (tertiary/aromatic N) is 3. The predicted molar refractivity (Wildman–Crippen MR) is 59.5 cm³/mol. The molecule has 0 atom stereocenters. The number of hydrogen-bond donors (Lipinski definition) is 0. The lowest BCUT2D eigenvalue weighted by Crippen LogP contribution is -2.22. The van der Waals surface area contributed by atoms with Gasteiger partial charge in [0.25, 0.3) is 5.56 Å². The summed E-state index contributed by atoms with van der Waals surface area (Å²) in [6, 6.07) is 5.13. The van der Waals surface area contributed by atoms with Crippen molar-refractivity contribution in [1.82, 2.24) is 9.55 Å². The van der Waals surface area contributed by atoms with Crippen molar-refractivity contribution in [2.45, 2.75) is 6.18 Å². The molecule has 1 aromatic heterocycles. The quantitative estimate of drug-likeness (QED) is 0.754. The second kappa shape index (κ2) is 4.77. The maximum Gasteiger partial charge on any atom is 0.433 e. The van der Waals surface area contributed by atoms with E-state index in [0.29, 0.717) is 12.4 Å². The molecule has 0 saturated carbocycles. The molecule has 0 bridgehead atoms. The van der Waals surface area contributed by atoms with Gasteiger partial charge in [-0.3, -0.25) is 9.36 Å². The maximum atomic E-state index is 13.4. The Morgan fingerprint density at radius 1 is 1.25 bits per heavy atom. The average molecular weight is 283 g/mol. The minimum atomic E-state index is -4.73. The lowest BCUT2D eigenvalue weighted by molar-refractivity contribution is -0.141. The number of halogens is 4. The first-order valence-electron chi connectivity index (χ1n) is 5.19. The van der Waals surface area contributed by atoms with Crippen LogP contribution < -0.4 is 5.56 Å². The van der Waals surface area contributed by atoms with Crippen LogP contribution in [0.3, 0.4) is 0 Å². The molecule has 0 saturated heterocycles. The zero-order valence-electron chi connectivity index (χ0n) is 9.65. The van der Waals surface area contributed by atoms with Gasteiger partial charge in [-0.2, -0.15) is 18.4 Å². The van der Waals surface area contributed by atoms with E-state index in [1.807, 2.05) is 0 Å². The fraction of sp³-hybridized carbons (Fsp3) is 0.0833. The van der Waals surface area contributed by atoms with Gasteiger partial charge >= 0.3 is 6.18 Å². The fourth-order valence-corrected chi connectivity index (χ4v) is 1.49. The monoisotopic (exact) mass is 283 g/mol. The van der Waals surface area contributed by atoms with E-state index in [9.17, 15) is 22.4 Å². The molecule has 1 heterocycles. The summed E-state index contributed by atoms with van der Waals surface area (Å²) < 4.78 is 51.2. The molecule has 102 valence electrons. The lowest BCUT2D eigenvalue weighted by Gasteiger charge is -2.08. The Kier molecular flexibility index (Phi) is 3.28. The summed E-state index contributed by atoms with van der Waals surface area (Å²) in [5.41, 5.74) is -2.58. The predicted octanol–water partition coefficient (Wildman–Crippen LogP) is 2.26. The molecule has 1 aromatic carbocycles. The number of aromatic nitrogens is 2. The highest BCUT2D eigenvalue weighted by atomic mass is 19.4. The fourth-order valence-electron chi connectivity index (χ4n) is 1.49. The third kappa shape index (κ3) is 2.51. The number of rotatable bonds is 1. The number of alkyl halides is 3. The highest BCUT2D eigenvalue weighted by Gasteiger charge is 2.33. The van der Waals surface area contributed by atoms with Gasteiger partial charge in [-0.25, -0.2) is 9.37 Å². The first kappa shape index (κ1) is 13.7. The summed E-state index contributed by atoms with van der Waals surface area (Å²) in [5.74, 6) is -0.878. The normalized spacial score (nSPS) is 11.2. The summed E-state index contributed by atoms with van der Waals surface area (Å²) in [4.78, 5) is 14.7. The van der Waals surface area contributed by atoms with Crippen LogP contribution in [0.15, 0.2) is 35.4 Å². The van der Waals surface area contributed by atoms with E-state index in [1.165, 1.54) is 6.07 Å². The maximum absolute atomic E-state index is 13.4. The summed E-state index contributed by atoms with van der Waals surface area (Å²) in [7, 11) is 0. The first-order chi connectivity index (χ1) is 9.32. The van der Waals surface area contributed by atoms with Crippen LogP contribution in [-0.4, -0.2) is 9.55 Å². The molecule has 0 aliphatic heterocycles. The Hall–Kier alpha value is -2.69. The van der Waals surface area contributed by atoms with Crippen molar-refractivity contribution < 1.29 is 17.6 Å². The smallest absolute Gasteiger partial charge is 0.269 e. The summed E-state index contributed by atoms with van der Waals surface area (Å²) >= 11 is 0. The van der Waals surface area contributed by atoms with Crippen LogP contribution in [0.4, 0.5) is 17.6 Å². The van der Waals surface area contributed by atoms with Crippen molar-refractivity contribution in [2.24, 2.45) is 0 Å². The molecule has 2 aromatic rings. The van der Waals surface area contributed by atoms with Crippen molar-refractivity contribution in [3.63, 3.8) is 0 Å². The van der Waals surface area contributed by atoms with Gasteiger partial charge in [0, 0.05) is 6.07 Å². The van der Waals surface area contributed by atoms with Gasteiger partial charge in [0.2, 0.25) is 0 Å². The zero-order chi connectivity index (χ0) is 14.9. The van der Waals surface area contributed by atoms with Gasteiger partial charge in [-0.1, -0.05) is 0 Å². The zero-order valence-corrected chi connectivity index (χ0v) is 9.65. The molecular weight excluding hydrogens is 278 g/mol. The molecule has 8 heteroatoms. The molecule has 0 aliphatic carbocycles. The Balaban J connectivity index is 2.53. The van der Waals surface area contributed by atoms with Crippen molar-refractivity contribution >= 4 is 0 Å². The third-order valence-corrected chi connectivity index (χ3v) is 2.45. The molecule has 0 N–H and O–H groups in total. The second-order valence-corrected chi connectivity index (χ2v) is 3.76. The van der Waals surface area contributed by atoms with Gasteiger partial charge in [-0.15, -0.1) is 0 Å². The Bertz CT molecular complexity index is 759. The molecule has 0 amide bonds. The van der Waals surface area contributed by atoms with Crippen molar-refractivity contribution in [3.05, 3.63) is 58.0 Å². The topological polar surface area (TPSA) is 58.7 Å². The molecule has 0 fully saturated rings. The first-order valence-corrected chi connectivity index (χ1v) is 5.19. The van der Waals surface area contributed by atoms with Crippen LogP contribution >= 0.6 is 0 Å². The van der Waals surface area contributed by atoms with Gasteiger partial charge in [-0.05, 0) is 18.2 Å². The van der Waals surface area contributed by atoms with E-state index >= 15 is 0 Å². The van der Waals surface area contributed by atoms with E-state index < -0.39 is 23.2 Å². The third-order valence-electron chi connectivity index (χ3n) is 2.45. The number of hydrogen-bond acceptors (Lipinski definition) is 3. The van der Waals surface area contributed by atoms with E-state index in [0.717, 1.165) is 16.7 Å². The lowest BCUT2D eigenvalue weighted by atomic mass is 10.2. The molecule has 0 aliphatic rings. The van der Waals surface area contributed by atoms with Crippen LogP contribution in [0.2, 0.25) is 0 Å². The minimum absolute atomic E-state index is 0.0206. The standard InChI is InChI=1S/C12H5F4N3O/c13-9-3-8(2-1-7(9)5-17)19-6-18-10(4-11(19)20)12(14,15)16/h1-4,6H. The van der Waals surface area contributed by atoms with Gasteiger partial charge in [0.1, 0.15) is 18.2 Å². The summed E-state index contributed by atoms with van der Waals surface area (Å²) in [5, 5.41) is 8.56. The van der Waals surface area contributed by atoms with Crippen LogP contribution in [0.25, 0.3) is 5.69 Å². The Labute approximate surface area is 109 Å². The molecule has 0 radical (unpaired) electrons. The van der Waals surface area contributed by atoms with Gasteiger partial charge in [0.05, 0.1) is 11.3 Å². The van der Waals surface area contributed by atoms with E-state index in [2.05, 4.69) is 4.98 Å². The average Bonchev–Trinajstić information content (AvgIpc) is 2.37. The molecule has 4 nitrogen and oxygen atoms in total. The SMILES string of the molecule is N#Cc1ccc(-n2cnc(C(F)(F)F)cc2=O)cc1F. The molecule has 0 unspecified atom stereocenters. The molecule has 20 heavy (non-hydrogen) atoms. The summed E-state index contributed by atoms with van der Waals surface area (Å²) in [6.45, 7) is 0. The highest BCUT2D eigenvalue weighted by Crippen LogP contribution is 2.26. The number of benzene rings is 1. The largest absolute Gasteiger partial charge is 0.433 e. The van der Waals surface area contributed by atoms with Crippen molar-refractivity contribution in [1.29, 1.82) is 5.26 Å². The molecule has 0 spiro atoms. The minimum Gasteiger partial charge on any atom is -0.269 e. The van der Waals surface area contributed by atoms with Crippen LogP contribution in [-0.2, 0) is 6.18 Å². The van der Waals surface area contributed by atoms with Crippen molar-refractivity contribution in [3.8, 4) is 11.8 Å². The molecular formula is C12H5F4N3O. The molecule has 2 rings (SSSR count). The van der Waals surface area contributed by atoms with Crippen LogP contribution in [0.1, 0.15) is 11.3 Å². The van der Waals surface area contributed by atoms with E-state index in [4.69, 9.17) is 5.26 Å². The van der Waals surface area contributed by atoms with Gasteiger partial charge in [0.15, 0.2) is 5.69 Å². The van der Waals surface area contributed by atoms with E-state index in [1.54, 1.807) is 6.07 Å². The Morgan fingerprint density at radius 2 is 1.95 bits per heavy atom. The highest BCUT2D eigenvalue weighted by molar-refractivity contribution is 5.40. The van der Waals surface area contributed by atoms with E-state index in [-0.39, 0.29) is 11.3 Å². The van der Waals surface area contributed by atoms with Gasteiger partial charge < -0.3 is 0 Å².